The molecule has 0 aliphatic rings. The molecular formula is C15H10ClFN4O2S. The van der Waals surface area contributed by atoms with Gasteiger partial charge in [-0.25, -0.2) is 4.39 Å². The summed E-state index contributed by atoms with van der Waals surface area (Å²) in [5.74, 6) is -0.677. The van der Waals surface area contributed by atoms with Crippen LogP contribution < -0.4 is 5.32 Å². The molecule has 0 saturated heterocycles. The summed E-state index contributed by atoms with van der Waals surface area (Å²) in [6, 6.07) is 7.46. The number of rotatable bonds is 5. The summed E-state index contributed by atoms with van der Waals surface area (Å²) in [5, 5.41) is 10.7. The van der Waals surface area contributed by atoms with Crippen molar-refractivity contribution >= 4 is 35.0 Å². The number of hydrogen-bond acceptors (Lipinski definition) is 6. The Morgan fingerprint density at radius 1 is 1.33 bits per heavy atom. The molecule has 0 atom stereocenters. The molecule has 0 radical (unpaired) electrons. The number of nitrogens with one attached hydrogen (secondary N) is 1. The number of nitrogens with zero attached hydrogens (tertiary/aromatic N) is 3. The van der Waals surface area contributed by atoms with Crippen molar-refractivity contribution in [3.63, 3.8) is 0 Å². The molecule has 1 aromatic carbocycles. The summed E-state index contributed by atoms with van der Waals surface area (Å²) < 4.78 is 19.0. The first-order chi connectivity index (χ1) is 11.6. The molecule has 1 amide bonds. The number of aromatic nitrogens is 3. The van der Waals surface area contributed by atoms with Gasteiger partial charge in [-0.1, -0.05) is 23.4 Å². The van der Waals surface area contributed by atoms with Crippen LogP contribution in [0.3, 0.4) is 0 Å². The topological polar surface area (TPSA) is 80.9 Å². The number of hydrogen-bond donors (Lipinski definition) is 1. The monoisotopic (exact) mass is 364 g/mol. The zero-order valence-corrected chi connectivity index (χ0v) is 13.6. The smallest absolute Gasteiger partial charge is 0.277 e. The number of carbonyl (C=O) groups is 1. The van der Waals surface area contributed by atoms with Crippen molar-refractivity contribution in [3.8, 4) is 11.5 Å². The maximum absolute atomic E-state index is 13.6. The minimum atomic E-state index is -0.561. The normalized spacial score (nSPS) is 10.6. The number of anilines is 1. The highest BCUT2D eigenvalue weighted by molar-refractivity contribution is 7.99. The third-order valence-corrected chi connectivity index (χ3v) is 3.90. The Balaban J connectivity index is 1.59. The Morgan fingerprint density at radius 2 is 2.21 bits per heavy atom. The summed E-state index contributed by atoms with van der Waals surface area (Å²) >= 11 is 6.82. The van der Waals surface area contributed by atoms with Gasteiger partial charge in [-0.2, -0.15) is 0 Å². The summed E-state index contributed by atoms with van der Waals surface area (Å²) in [4.78, 5) is 15.8. The molecule has 24 heavy (non-hydrogen) atoms. The third-order valence-electron chi connectivity index (χ3n) is 2.84. The highest BCUT2D eigenvalue weighted by Crippen LogP contribution is 2.23. The lowest BCUT2D eigenvalue weighted by molar-refractivity contribution is -0.113. The summed E-state index contributed by atoms with van der Waals surface area (Å²) in [5.41, 5.74) is 0.706. The Hall–Kier alpha value is -2.45. The van der Waals surface area contributed by atoms with E-state index in [-0.39, 0.29) is 16.7 Å². The zero-order chi connectivity index (χ0) is 16.9. The highest BCUT2D eigenvalue weighted by atomic mass is 35.5. The lowest BCUT2D eigenvalue weighted by Crippen LogP contribution is -2.15. The zero-order valence-electron chi connectivity index (χ0n) is 12.1. The van der Waals surface area contributed by atoms with Gasteiger partial charge in [-0.05, 0) is 30.3 Å². The van der Waals surface area contributed by atoms with Gasteiger partial charge < -0.3 is 9.73 Å². The average Bonchev–Trinajstić information content (AvgIpc) is 3.06. The average molecular weight is 365 g/mol. The Kier molecular flexibility index (Phi) is 5.07. The summed E-state index contributed by atoms with van der Waals surface area (Å²) in [6.07, 6.45) is 3.23. The number of benzene rings is 1. The van der Waals surface area contributed by atoms with Crippen LogP contribution in [0.5, 0.6) is 0 Å². The SMILES string of the molecule is O=C(CSc1nnc(-c2cccnc2)o1)Nc1cc(Cl)ccc1F. The van der Waals surface area contributed by atoms with Crippen molar-refractivity contribution in [3.05, 3.63) is 53.6 Å². The van der Waals surface area contributed by atoms with Gasteiger partial charge in [0.2, 0.25) is 11.8 Å². The van der Waals surface area contributed by atoms with Gasteiger partial charge in [0.15, 0.2) is 0 Å². The number of amides is 1. The second-order valence-corrected chi connectivity index (χ2v) is 5.94. The molecule has 0 saturated carbocycles. The van der Waals surface area contributed by atoms with Crippen molar-refractivity contribution in [2.24, 2.45) is 0 Å². The molecule has 0 spiro atoms. The first-order valence-corrected chi connectivity index (χ1v) is 8.10. The van der Waals surface area contributed by atoms with Crippen molar-refractivity contribution in [2.75, 3.05) is 11.1 Å². The van der Waals surface area contributed by atoms with E-state index in [0.29, 0.717) is 16.5 Å². The fraction of sp³-hybridized carbons (Fsp3) is 0.0667. The van der Waals surface area contributed by atoms with Crippen LogP contribution in [0.15, 0.2) is 52.4 Å². The third kappa shape index (κ3) is 4.09. The minimum absolute atomic E-state index is 0.0133. The van der Waals surface area contributed by atoms with E-state index in [1.54, 1.807) is 24.5 Å². The van der Waals surface area contributed by atoms with Gasteiger partial charge >= 0.3 is 0 Å². The van der Waals surface area contributed by atoms with Crippen LogP contribution in [0, 0.1) is 5.82 Å². The molecule has 6 nitrogen and oxygen atoms in total. The van der Waals surface area contributed by atoms with Crippen LogP contribution in [-0.4, -0.2) is 26.8 Å². The molecule has 0 bridgehead atoms. The molecule has 3 rings (SSSR count). The van der Waals surface area contributed by atoms with Gasteiger partial charge in [0.1, 0.15) is 5.82 Å². The van der Waals surface area contributed by atoms with Gasteiger partial charge in [0, 0.05) is 17.4 Å². The van der Waals surface area contributed by atoms with E-state index >= 15 is 0 Å². The van der Waals surface area contributed by atoms with Crippen LogP contribution in [0.2, 0.25) is 5.02 Å². The predicted octanol–water partition coefficient (Wildman–Crippen LogP) is 3.65. The minimum Gasteiger partial charge on any atom is -0.411 e. The molecular weight excluding hydrogens is 355 g/mol. The summed E-state index contributed by atoms with van der Waals surface area (Å²) in [6.45, 7) is 0. The maximum Gasteiger partial charge on any atom is 0.277 e. The standard InChI is InChI=1S/C15H10ClFN4O2S/c16-10-3-4-11(17)12(6-10)19-13(22)8-24-15-21-20-14(23-15)9-2-1-5-18-7-9/h1-7H,8H2,(H,19,22). The molecule has 2 heterocycles. The predicted molar refractivity (Wildman–Crippen MR) is 88.3 cm³/mol. The largest absolute Gasteiger partial charge is 0.411 e. The molecule has 3 aromatic rings. The first kappa shape index (κ1) is 16.4. The van der Waals surface area contributed by atoms with Gasteiger partial charge in [-0.15, -0.1) is 10.2 Å². The van der Waals surface area contributed by atoms with Gasteiger partial charge in [-0.3, -0.25) is 9.78 Å². The molecule has 0 aliphatic carbocycles. The van der Waals surface area contributed by atoms with E-state index in [2.05, 4.69) is 20.5 Å². The molecule has 1 N–H and O–H groups in total. The van der Waals surface area contributed by atoms with E-state index in [9.17, 15) is 9.18 Å². The Bertz CT molecular complexity index is 860. The fourth-order valence-corrected chi connectivity index (χ4v) is 2.52. The fourth-order valence-electron chi connectivity index (χ4n) is 1.78. The lowest BCUT2D eigenvalue weighted by atomic mass is 10.3. The van der Waals surface area contributed by atoms with E-state index in [1.807, 2.05) is 0 Å². The molecule has 0 fully saturated rings. The number of halogens is 2. The Morgan fingerprint density at radius 3 is 3.00 bits per heavy atom. The molecule has 2 aromatic heterocycles. The van der Waals surface area contributed by atoms with Gasteiger partial charge in [0.25, 0.3) is 5.22 Å². The van der Waals surface area contributed by atoms with E-state index in [1.165, 1.54) is 18.2 Å². The molecule has 0 aliphatic heterocycles. The van der Waals surface area contributed by atoms with E-state index < -0.39 is 11.7 Å². The number of carbonyl (C=O) groups excluding carboxylic acids is 1. The molecule has 0 unspecified atom stereocenters. The number of thioether (sulfide) groups is 1. The second-order valence-electron chi connectivity index (χ2n) is 4.58. The van der Waals surface area contributed by atoms with Crippen LogP contribution in [0.1, 0.15) is 0 Å². The van der Waals surface area contributed by atoms with Crippen LogP contribution in [0.4, 0.5) is 10.1 Å². The van der Waals surface area contributed by atoms with Crippen LogP contribution >= 0.6 is 23.4 Å². The van der Waals surface area contributed by atoms with E-state index in [0.717, 1.165) is 11.8 Å². The first-order valence-electron chi connectivity index (χ1n) is 6.73. The quantitative estimate of drug-likeness (QED) is 0.696. The Labute approximate surface area is 145 Å². The van der Waals surface area contributed by atoms with Crippen molar-refractivity contribution in [1.82, 2.24) is 15.2 Å². The lowest BCUT2D eigenvalue weighted by Gasteiger charge is -2.05. The second kappa shape index (κ2) is 7.41. The summed E-state index contributed by atoms with van der Waals surface area (Å²) in [7, 11) is 0. The van der Waals surface area contributed by atoms with Gasteiger partial charge in [0.05, 0.1) is 17.0 Å². The van der Waals surface area contributed by atoms with Crippen molar-refractivity contribution in [1.29, 1.82) is 0 Å². The number of pyridine rings is 1. The molecule has 9 heteroatoms. The highest BCUT2D eigenvalue weighted by Gasteiger charge is 2.12. The molecule has 122 valence electrons. The van der Waals surface area contributed by atoms with E-state index in [4.69, 9.17) is 16.0 Å². The van der Waals surface area contributed by atoms with Crippen molar-refractivity contribution < 1.29 is 13.6 Å². The van der Waals surface area contributed by atoms with Crippen molar-refractivity contribution in [2.45, 2.75) is 5.22 Å². The maximum atomic E-state index is 13.6. The van der Waals surface area contributed by atoms with Crippen LogP contribution in [0.25, 0.3) is 11.5 Å². The van der Waals surface area contributed by atoms with Crippen LogP contribution in [-0.2, 0) is 4.79 Å².